The molecule has 0 atom stereocenters. The number of fused-ring (bicyclic) bond motifs is 1. The first-order chi connectivity index (χ1) is 11.1. The summed E-state index contributed by atoms with van der Waals surface area (Å²) in [6.45, 7) is 1.66. The SMILES string of the molecule is C/C(=N/NC(=O)Cn1ccccc1=O)c1cc2ccccc2o1. The average Bonchev–Trinajstić information content (AvgIpc) is 2.99. The van der Waals surface area contributed by atoms with Gasteiger partial charge in [0.05, 0.1) is 0 Å². The molecule has 3 aromatic rings. The van der Waals surface area contributed by atoms with Crippen molar-refractivity contribution in [2.75, 3.05) is 0 Å². The summed E-state index contributed by atoms with van der Waals surface area (Å²) in [4.78, 5) is 23.4. The number of para-hydroxylation sites is 1. The molecule has 0 aliphatic rings. The molecular weight excluding hydrogens is 294 g/mol. The highest BCUT2D eigenvalue weighted by Crippen LogP contribution is 2.19. The number of hydrazone groups is 1. The first-order valence-electron chi connectivity index (χ1n) is 7.11. The molecule has 2 heterocycles. The predicted molar refractivity (Wildman–Crippen MR) is 87.3 cm³/mol. The predicted octanol–water partition coefficient (Wildman–Crippen LogP) is 2.13. The Hall–Kier alpha value is -3.15. The highest BCUT2D eigenvalue weighted by Gasteiger charge is 2.07. The fraction of sp³-hybridized carbons (Fsp3) is 0.118. The maximum Gasteiger partial charge on any atom is 0.260 e. The average molecular weight is 309 g/mol. The molecule has 0 bridgehead atoms. The molecule has 116 valence electrons. The second-order valence-corrected chi connectivity index (χ2v) is 5.05. The van der Waals surface area contributed by atoms with Crippen LogP contribution in [-0.2, 0) is 11.3 Å². The van der Waals surface area contributed by atoms with Gasteiger partial charge in [0.15, 0.2) is 5.76 Å². The third-order valence-electron chi connectivity index (χ3n) is 3.34. The molecule has 3 rings (SSSR count). The normalized spacial score (nSPS) is 11.6. The van der Waals surface area contributed by atoms with Gasteiger partial charge in [0.1, 0.15) is 17.8 Å². The molecule has 0 saturated carbocycles. The second kappa shape index (κ2) is 6.31. The Balaban J connectivity index is 1.70. The number of nitrogens with zero attached hydrogens (tertiary/aromatic N) is 2. The monoisotopic (exact) mass is 309 g/mol. The number of benzene rings is 1. The third-order valence-corrected chi connectivity index (χ3v) is 3.34. The molecule has 1 aromatic carbocycles. The van der Waals surface area contributed by atoms with E-state index in [9.17, 15) is 9.59 Å². The number of amides is 1. The lowest BCUT2D eigenvalue weighted by Gasteiger charge is -2.03. The van der Waals surface area contributed by atoms with E-state index in [0.717, 1.165) is 11.0 Å². The lowest BCUT2D eigenvalue weighted by molar-refractivity contribution is -0.121. The fourth-order valence-corrected chi connectivity index (χ4v) is 2.14. The standard InChI is InChI=1S/C17H15N3O3/c1-12(15-10-13-6-2-3-7-14(13)23-15)18-19-16(21)11-20-9-5-4-8-17(20)22/h2-10H,11H2,1H3,(H,19,21)/b18-12-. The first kappa shape index (κ1) is 14.8. The van der Waals surface area contributed by atoms with E-state index in [1.54, 1.807) is 25.3 Å². The van der Waals surface area contributed by atoms with Gasteiger partial charge in [0.2, 0.25) is 0 Å². The van der Waals surface area contributed by atoms with Crippen LogP contribution in [0.1, 0.15) is 12.7 Å². The summed E-state index contributed by atoms with van der Waals surface area (Å²) in [5.41, 5.74) is 3.51. The Kier molecular flexibility index (Phi) is 4.05. The molecule has 0 spiro atoms. The minimum Gasteiger partial charge on any atom is -0.455 e. The molecule has 1 amide bonds. The van der Waals surface area contributed by atoms with Crippen molar-refractivity contribution in [2.24, 2.45) is 5.10 Å². The maximum absolute atomic E-state index is 11.9. The topological polar surface area (TPSA) is 76.6 Å². The van der Waals surface area contributed by atoms with Crippen LogP contribution in [0.3, 0.4) is 0 Å². The van der Waals surface area contributed by atoms with Crippen molar-refractivity contribution in [3.8, 4) is 0 Å². The zero-order valence-electron chi connectivity index (χ0n) is 12.5. The van der Waals surface area contributed by atoms with Crippen LogP contribution in [0.15, 0.2) is 69.0 Å². The van der Waals surface area contributed by atoms with E-state index in [-0.39, 0.29) is 18.0 Å². The fourth-order valence-electron chi connectivity index (χ4n) is 2.14. The van der Waals surface area contributed by atoms with Gasteiger partial charge in [-0.2, -0.15) is 5.10 Å². The molecule has 0 radical (unpaired) electrons. The summed E-state index contributed by atoms with van der Waals surface area (Å²) >= 11 is 0. The van der Waals surface area contributed by atoms with E-state index in [1.165, 1.54) is 10.6 Å². The number of carbonyl (C=O) groups is 1. The zero-order chi connectivity index (χ0) is 16.2. The van der Waals surface area contributed by atoms with Crippen LogP contribution >= 0.6 is 0 Å². The molecule has 1 N–H and O–H groups in total. The van der Waals surface area contributed by atoms with Crippen LogP contribution in [0.5, 0.6) is 0 Å². The Bertz CT molecular complexity index is 904. The molecule has 2 aromatic heterocycles. The summed E-state index contributed by atoms with van der Waals surface area (Å²) < 4.78 is 6.97. The Labute approximate surface area is 132 Å². The van der Waals surface area contributed by atoms with Crippen LogP contribution in [0.25, 0.3) is 11.0 Å². The molecule has 0 aliphatic heterocycles. The summed E-state index contributed by atoms with van der Waals surface area (Å²) in [5, 5.41) is 4.99. The minimum atomic E-state index is -0.381. The van der Waals surface area contributed by atoms with Crippen molar-refractivity contribution in [3.63, 3.8) is 0 Å². The number of nitrogens with one attached hydrogen (secondary N) is 1. The largest absolute Gasteiger partial charge is 0.455 e. The first-order valence-corrected chi connectivity index (χ1v) is 7.11. The number of rotatable bonds is 4. The lowest BCUT2D eigenvalue weighted by Crippen LogP contribution is -2.29. The van der Waals surface area contributed by atoms with E-state index in [0.29, 0.717) is 11.5 Å². The van der Waals surface area contributed by atoms with Gasteiger partial charge in [-0.15, -0.1) is 0 Å². The number of hydrogen-bond acceptors (Lipinski definition) is 4. The Morgan fingerprint density at radius 2 is 2.00 bits per heavy atom. The van der Waals surface area contributed by atoms with E-state index in [4.69, 9.17) is 4.42 Å². The molecule has 0 unspecified atom stereocenters. The quantitative estimate of drug-likeness (QED) is 0.592. The lowest BCUT2D eigenvalue weighted by atomic mass is 10.2. The van der Waals surface area contributed by atoms with E-state index < -0.39 is 0 Å². The number of furan rings is 1. The Morgan fingerprint density at radius 3 is 2.78 bits per heavy atom. The van der Waals surface area contributed by atoms with Crippen LogP contribution < -0.4 is 11.0 Å². The Morgan fingerprint density at radius 1 is 1.22 bits per heavy atom. The van der Waals surface area contributed by atoms with Crippen LogP contribution in [0.4, 0.5) is 0 Å². The van der Waals surface area contributed by atoms with Crippen LogP contribution in [0, 0.1) is 0 Å². The van der Waals surface area contributed by atoms with E-state index in [1.807, 2.05) is 30.3 Å². The van der Waals surface area contributed by atoms with Crippen LogP contribution in [0.2, 0.25) is 0 Å². The van der Waals surface area contributed by atoms with Gasteiger partial charge >= 0.3 is 0 Å². The molecule has 23 heavy (non-hydrogen) atoms. The zero-order valence-corrected chi connectivity index (χ0v) is 12.5. The minimum absolute atomic E-state index is 0.0867. The number of aromatic nitrogens is 1. The van der Waals surface area contributed by atoms with Gasteiger partial charge in [-0.25, -0.2) is 5.43 Å². The number of hydrogen-bond donors (Lipinski definition) is 1. The van der Waals surface area contributed by atoms with Gasteiger partial charge in [-0.05, 0) is 25.1 Å². The molecule has 6 nitrogen and oxygen atoms in total. The second-order valence-electron chi connectivity index (χ2n) is 5.05. The third kappa shape index (κ3) is 3.37. The van der Waals surface area contributed by atoms with E-state index in [2.05, 4.69) is 10.5 Å². The number of pyridine rings is 1. The highest BCUT2D eigenvalue weighted by atomic mass is 16.3. The van der Waals surface area contributed by atoms with Gasteiger partial charge in [0.25, 0.3) is 11.5 Å². The summed E-state index contributed by atoms with van der Waals surface area (Å²) in [7, 11) is 0. The van der Waals surface area contributed by atoms with Crippen LogP contribution in [-0.4, -0.2) is 16.2 Å². The molecular formula is C17H15N3O3. The van der Waals surface area contributed by atoms with E-state index >= 15 is 0 Å². The smallest absolute Gasteiger partial charge is 0.260 e. The van der Waals surface area contributed by atoms with Gasteiger partial charge in [-0.1, -0.05) is 24.3 Å². The van der Waals surface area contributed by atoms with Gasteiger partial charge < -0.3 is 8.98 Å². The van der Waals surface area contributed by atoms with Crippen molar-refractivity contribution in [1.29, 1.82) is 0 Å². The highest BCUT2D eigenvalue weighted by molar-refractivity contribution is 6.00. The van der Waals surface area contributed by atoms with Crippen molar-refractivity contribution in [2.45, 2.75) is 13.5 Å². The van der Waals surface area contributed by atoms with Gasteiger partial charge in [-0.3, -0.25) is 9.59 Å². The van der Waals surface area contributed by atoms with Crippen molar-refractivity contribution < 1.29 is 9.21 Å². The molecule has 0 aliphatic carbocycles. The van der Waals surface area contributed by atoms with Crippen molar-refractivity contribution >= 4 is 22.6 Å². The summed E-state index contributed by atoms with van der Waals surface area (Å²) in [6, 6.07) is 14.2. The summed E-state index contributed by atoms with van der Waals surface area (Å²) in [5.74, 6) is 0.206. The molecule has 0 saturated heterocycles. The van der Waals surface area contributed by atoms with Gasteiger partial charge in [0, 0.05) is 17.6 Å². The number of carbonyl (C=O) groups excluding carboxylic acids is 1. The van der Waals surface area contributed by atoms with Crippen molar-refractivity contribution in [1.82, 2.24) is 9.99 Å². The summed E-state index contributed by atoms with van der Waals surface area (Å²) in [6.07, 6.45) is 1.55. The maximum atomic E-state index is 11.9. The van der Waals surface area contributed by atoms with Crippen molar-refractivity contribution in [3.05, 3.63) is 70.8 Å². The molecule has 0 fully saturated rings. The molecule has 6 heteroatoms.